The number of nitrogens with zero attached hydrogens (tertiary/aromatic N) is 3. The van der Waals surface area contributed by atoms with Crippen molar-refractivity contribution in [3.63, 3.8) is 0 Å². The number of aryl methyl sites for hydroxylation is 1. The molecule has 1 aliphatic carbocycles. The molecule has 5 nitrogen and oxygen atoms in total. The van der Waals surface area contributed by atoms with E-state index in [1.807, 2.05) is 23.1 Å². The highest BCUT2D eigenvalue weighted by Crippen LogP contribution is 2.29. The first-order valence-electron chi connectivity index (χ1n) is 7.47. The minimum Gasteiger partial charge on any atom is -0.311 e. The van der Waals surface area contributed by atoms with Gasteiger partial charge in [-0.1, -0.05) is 19.3 Å². The zero-order chi connectivity index (χ0) is 14.7. The Morgan fingerprint density at radius 2 is 2.24 bits per heavy atom. The van der Waals surface area contributed by atoms with E-state index in [0.29, 0.717) is 12.5 Å². The van der Waals surface area contributed by atoms with Crippen molar-refractivity contribution < 1.29 is 4.79 Å². The Morgan fingerprint density at radius 3 is 2.95 bits per heavy atom. The van der Waals surface area contributed by atoms with Gasteiger partial charge in [-0.15, -0.1) is 11.3 Å². The Balaban J connectivity index is 1.64. The molecule has 1 fully saturated rings. The number of hydrogen-bond donors (Lipinski definition) is 1. The van der Waals surface area contributed by atoms with Crippen molar-refractivity contribution in [2.45, 2.75) is 51.5 Å². The second-order valence-electron chi connectivity index (χ2n) is 5.54. The normalized spacial score (nSPS) is 16.0. The van der Waals surface area contributed by atoms with E-state index in [9.17, 15) is 4.79 Å². The molecule has 0 atom stereocenters. The molecule has 2 heterocycles. The van der Waals surface area contributed by atoms with Crippen molar-refractivity contribution in [2.75, 3.05) is 5.32 Å². The maximum Gasteiger partial charge on any atom is 0.231 e. The number of hydrogen-bond acceptors (Lipinski definition) is 4. The van der Waals surface area contributed by atoms with Gasteiger partial charge in [-0.05, 0) is 19.8 Å². The van der Waals surface area contributed by atoms with E-state index in [2.05, 4.69) is 15.4 Å². The molecule has 0 bridgehead atoms. The molecule has 0 saturated heterocycles. The molecule has 0 spiro atoms. The molecule has 1 amide bonds. The van der Waals surface area contributed by atoms with Crippen molar-refractivity contribution in [3.8, 4) is 0 Å². The van der Waals surface area contributed by atoms with Crippen LogP contribution in [-0.2, 0) is 11.2 Å². The predicted molar refractivity (Wildman–Crippen MR) is 83.5 cm³/mol. The molecule has 0 aromatic carbocycles. The third-order valence-electron chi connectivity index (χ3n) is 3.87. The third-order valence-corrected chi connectivity index (χ3v) is 4.69. The molecule has 1 saturated carbocycles. The molecule has 6 heteroatoms. The Bertz CT molecular complexity index is 613. The van der Waals surface area contributed by atoms with Gasteiger partial charge in [0.05, 0.1) is 29.4 Å². The van der Waals surface area contributed by atoms with E-state index in [0.717, 1.165) is 29.4 Å². The van der Waals surface area contributed by atoms with E-state index in [4.69, 9.17) is 0 Å². The van der Waals surface area contributed by atoms with Gasteiger partial charge in [0, 0.05) is 11.4 Å². The average Bonchev–Trinajstić information content (AvgIpc) is 3.09. The van der Waals surface area contributed by atoms with Gasteiger partial charge < -0.3 is 5.32 Å². The summed E-state index contributed by atoms with van der Waals surface area (Å²) in [5, 5.41) is 10.3. The summed E-state index contributed by atoms with van der Waals surface area (Å²) in [4.78, 5) is 16.5. The Hall–Kier alpha value is -1.69. The molecule has 21 heavy (non-hydrogen) atoms. The summed E-state index contributed by atoms with van der Waals surface area (Å²) in [7, 11) is 0. The largest absolute Gasteiger partial charge is 0.311 e. The summed E-state index contributed by atoms with van der Waals surface area (Å²) in [5.74, 6) is 0.775. The fraction of sp³-hybridized carbons (Fsp3) is 0.533. The topological polar surface area (TPSA) is 59.8 Å². The van der Waals surface area contributed by atoms with Gasteiger partial charge in [-0.2, -0.15) is 5.10 Å². The van der Waals surface area contributed by atoms with E-state index >= 15 is 0 Å². The van der Waals surface area contributed by atoms with Crippen LogP contribution in [0.15, 0.2) is 17.6 Å². The predicted octanol–water partition coefficient (Wildman–Crippen LogP) is 3.33. The summed E-state index contributed by atoms with van der Waals surface area (Å²) in [6, 6.07) is 2.30. The minimum atomic E-state index is -0.0298. The lowest BCUT2D eigenvalue weighted by atomic mass is 9.96. The smallest absolute Gasteiger partial charge is 0.231 e. The van der Waals surface area contributed by atoms with Crippen molar-refractivity contribution in [1.82, 2.24) is 14.8 Å². The second kappa shape index (κ2) is 6.39. The van der Waals surface area contributed by atoms with Crippen LogP contribution in [0, 0.1) is 6.92 Å². The fourth-order valence-electron chi connectivity index (χ4n) is 2.87. The average molecular weight is 304 g/mol. The molecule has 3 rings (SSSR count). The minimum absolute atomic E-state index is 0.0298. The van der Waals surface area contributed by atoms with Crippen LogP contribution in [0.2, 0.25) is 0 Å². The van der Waals surface area contributed by atoms with Crippen molar-refractivity contribution >= 4 is 23.1 Å². The molecule has 1 aliphatic rings. The van der Waals surface area contributed by atoms with Crippen molar-refractivity contribution in [1.29, 1.82) is 0 Å². The van der Waals surface area contributed by atoms with Gasteiger partial charge in [-0.3, -0.25) is 4.79 Å². The van der Waals surface area contributed by atoms with Gasteiger partial charge in [-0.25, -0.2) is 9.67 Å². The van der Waals surface area contributed by atoms with Crippen LogP contribution in [0.3, 0.4) is 0 Å². The summed E-state index contributed by atoms with van der Waals surface area (Å²) in [6.45, 7) is 1.95. The maximum atomic E-state index is 12.1. The molecule has 0 radical (unpaired) electrons. The summed E-state index contributed by atoms with van der Waals surface area (Å²) < 4.78 is 1.98. The number of thiazole rings is 1. The summed E-state index contributed by atoms with van der Waals surface area (Å²) in [5.41, 5.74) is 0.832. The molecule has 1 N–H and O–H groups in total. The lowest BCUT2D eigenvalue weighted by Crippen LogP contribution is -2.21. The first kappa shape index (κ1) is 14.3. The van der Waals surface area contributed by atoms with Crippen molar-refractivity contribution in [3.05, 3.63) is 28.3 Å². The van der Waals surface area contributed by atoms with E-state index in [1.165, 1.54) is 19.3 Å². The number of carbonyl (C=O) groups is 1. The molecule has 112 valence electrons. The lowest BCUT2D eigenvalue weighted by Gasteiger charge is -2.23. The van der Waals surface area contributed by atoms with Gasteiger partial charge >= 0.3 is 0 Å². The highest BCUT2D eigenvalue weighted by atomic mass is 32.1. The Labute approximate surface area is 128 Å². The number of nitrogens with one attached hydrogen (secondary N) is 1. The standard InChI is InChI=1S/C15H20N4OS/c1-11-17-12(10-21-11)9-15(20)18-14-7-8-16-19(14)13-5-3-2-4-6-13/h7-8,10,13H,2-6,9H2,1H3,(H,18,20). The van der Waals surface area contributed by atoms with Crippen LogP contribution < -0.4 is 5.32 Å². The van der Waals surface area contributed by atoms with Gasteiger partial charge in [0.25, 0.3) is 0 Å². The number of aromatic nitrogens is 3. The van der Waals surface area contributed by atoms with Crippen molar-refractivity contribution in [2.24, 2.45) is 0 Å². The number of rotatable bonds is 4. The monoisotopic (exact) mass is 304 g/mol. The van der Waals surface area contributed by atoms with E-state index in [1.54, 1.807) is 17.5 Å². The van der Waals surface area contributed by atoms with Crippen LogP contribution in [0.25, 0.3) is 0 Å². The van der Waals surface area contributed by atoms with Crippen LogP contribution >= 0.6 is 11.3 Å². The Kier molecular flexibility index (Phi) is 4.34. The van der Waals surface area contributed by atoms with Crippen LogP contribution in [-0.4, -0.2) is 20.7 Å². The number of amides is 1. The highest BCUT2D eigenvalue weighted by Gasteiger charge is 2.19. The maximum absolute atomic E-state index is 12.1. The first-order chi connectivity index (χ1) is 10.2. The zero-order valence-corrected chi connectivity index (χ0v) is 13.0. The highest BCUT2D eigenvalue weighted by molar-refractivity contribution is 7.09. The van der Waals surface area contributed by atoms with Crippen LogP contribution in [0.4, 0.5) is 5.82 Å². The molecular weight excluding hydrogens is 284 g/mol. The second-order valence-corrected chi connectivity index (χ2v) is 6.60. The van der Waals surface area contributed by atoms with E-state index in [-0.39, 0.29) is 5.91 Å². The van der Waals surface area contributed by atoms with Gasteiger partial charge in [0.2, 0.25) is 5.91 Å². The van der Waals surface area contributed by atoms with Gasteiger partial charge in [0.1, 0.15) is 5.82 Å². The molecule has 2 aromatic heterocycles. The number of anilines is 1. The SMILES string of the molecule is Cc1nc(CC(=O)Nc2ccnn2C2CCCCC2)cs1. The quantitative estimate of drug-likeness (QED) is 0.942. The molecule has 0 unspecified atom stereocenters. The zero-order valence-electron chi connectivity index (χ0n) is 12.2. The summed E-state index contributed by atoms with van der Waals surface area (Å²) in [6.07, 6.45) is 8.18. The van der Waals surface area contributed by atoms with Crippen LogP contribution in [0.1, 0.15) is 48.8 Å². The summed E-state index contributed by atoms with van der Waals surface area (Å²) >= 11 is 1.57. The third kappa shape index (κ3) is 3.50. The van der Waals surface area contributed by atoms with E-state index < -0.39 is 0 Å². The fourth-order valence-corrected chi connectivity index (χ4v) is 3.48. The molecular formula is C15H20N4OS. The Morgan fingerprint density at radius 1 is 1.43 bits per heavy atom. The van der Waals surface area contributed by atoms with Gasteiger partial charge in [0.15, 0.2) is 0 Å². The molecule has 2 aromatic rings. The lowest BCUT2D eigenvalue weighted by molar-refractivity contribution is -0.115. The number of carbonyl (C=O) groups excluding carboxylic acids is 1. The first-order valence-corrected chi connectivity index (χ1v) is 8.35. The molecule has 0 aliphatic heterocycles. The van der Waals surface area contributed by atoms with Crippen LogP contribution in [0.5, 0.6) is 0 Å².